The second-order valence-corrected chi connectivity index (χ2v) is 8.50. The number of benzene rings is 3. The molecule has 8 heteroatoms. The second kappa shape index (κ2) is 9.65. The Kier molecular flexibility index (Phi) is 6.97. The number of hydrogen-bond acceptors (Lipinski definition) is 4. The van der Waals surface area contributed by atoms with Crippen LogP contribution in [0.3, 0.4) is 0 Å². The van der Waals surface area contributed by atoms with Crippen molar-refractivity contribution in [2.75, 3.05) is 16.6 Å². The molecule has 0 aliphatic heterocycles. The molecule has 0 saturated heterocycles. The maximum absolute atomic E-state index is 12.7. The largest absolute Gasteiger partial charge is 0.494 e. The van der Waals surface area contributed by atoms with Gasteiger partial charge in [0, 0.05) is 5.69 Å². The summed E-state index contributed by atoms with van der Waals surface area (Å²) in [6.07, 6.45) is 0.154. The van der Waals surface area contributed by atoms with E-state index < -0.39 is 10.0 Å². The summed E-state index contributed by atoms with van der Waals surface area (Å²) in [6.45, 7) is 2.48. The number of hydrogen-bond donors (Lipinski definition) is 2. The van der Waals surface area contributed by atoms with Crippen molar-refractivity contribution in [2.45, 2.75) is 18.2 Å². The molecule has 3 aromatic rings. The van der Waals surface area contributed by atoms with Gasteiger partial charge in [-0.15, -0.1) is 0 Å². The third-order valence-electron chi connectivity index (χ3n) is 4.15. The SMILES string of the molecule is CCOc1ccc(CC(=O)Nc2cccc(S(=O)(=O)Nc3ccccc3Cl)c2)cc1. The summed E-state index contributed by atoms with van der Waals surface area (Å²) < 4.78 is 33.2. The van der Waals surface area contributed by atoms with Gasteiger partial charge in [-0.3, -0.25) is 9.52 Å². The van der Waals surface area contributed by atoms with Crippen LogP contribution in [0.25, 0.3) is 0 Å². The number of ether oxygens (including phenoxy) is 1. The van der Waals surface area contributed by atoms with Gasteiger partial charge >= 0.3 is 0 Å². The van der Waals surface area contributed by atoms with Crippen molar-refractivity contribution in [3.8, 4) is 5.75 Å². The zero-order chi connectivity index (χ0) is 21.6. The van der Waals surface area contributed by atoms with Crippen molar-refractivity contribution in [3.63, 3.8) is 0 Å². The molecule has 1 amide bonds. The van der Waals surface area contributed by atoms with E-state index in [2.05, 4.69) is 10.0 Å². The van der Waals surface area contributed by atoms with Crippen molar-refractivity contribution in [1.82, 2.24) is 0 Å². The smallest absolute Gasteiger partial charge is 0.262 e. The fourth-order valence-corrected chi connectivity index (χ4v) is 4.11. The number of nitrogens with one attached hydrogen (secondary N) is 2. The molecule has 6 nitrogen and oxygen atoms in total. The van der Waals surface area contributed by atoms with Crippen LogP contribution in [0.1, 0.15) is 12.5 Å². The lowest BCUT2D eigenvalue weighted by Crippen LogP contribution is -2.16. The summed E-state index contributed by atoms with van der Waals surface area (Å²) in [5.74, 6) is 0.485. The molecule has 0 fully saturated rings. The van der Waals surface area contributed by atoms with Gasteiger partial charge in [0.15, 0.2) is 0 Å². The Hall–Kier alpha value is -3.03. The highest BCUT2D eigenvalue weighted by Crippen LogP contribution is 2.25. The van der Waals surface area contributed by atoms with Crippen LogP contribution < -0.4 is 14.8 Å². The Morgan fingerprint density at radius 3 is 2.43 bits per heavy atom. The maximum atomic E-state index is 12.7. The highest BCUT2D eigenvalue weighted by Gasteiger charge is 2.16. The highest BCUT2D eigenvalue weighted by molar-refractivity contribution is 7.92. The molecular weight excluding hydrogens is 424 g/mol. The molecule has 0 saturated carbocycles. The fraction of sp³-hybridized carbons (Fsp3) is 0.136. The molecular formula is C22H21ClN2O4S. The summed E-state index contributed by atoms with van der Waals surface area (Å²) in [5, 5.41) is 3.02. The van der Waals surface area contributed by atoms with Crippen molar-refractivity contribution in [3.05, 3.63) is 83.4 Å². The van der Waals surface area contributed by atoms with Gasteiger partial charge in [0.25, 0.3) is 10.0 Å². The van der Waals surface area contributed by atoms with Gasteiger partial charge in [-0.2, -0.15) is 0 Å². The zero-order valence-corrected chi connectivity index (χ0v) is 17.8. The average Bonchev–Trinajstić information content (AvgIpc) is 2.71. The molecule has 0 heterocycles. The van der Waals surface area contributed by atoms with Crippen LogP contribution in [0.15, 0.2) is 77.7 Å². The van der Waals surface area contributed by atoms with Gasteiger partial charge in [0.05, 0.1) is 28.6 Å². The Bertz CT molecular complexity index is 1130. The molecule has 0 bridgehead atoms. The first kappa shape index (κ1) is 21.7. The van der Waals surface area contributed by atoms with E-state index in [0.29, 0.717) is 17.3 Å². The maximum Gasteiger partial charge on any atom is 0.262 e. The molecule has 0 unspecified atom stereocenters. The first-order valence-corrected chi connectivity index (χ1v) is 11.1. The molecule has 2 N–H and O–H groups in total. The van der Waals surface area contributed by atoms with Crippen LogP contribution in [0.2, 0.25) is 5.02 Å². The monoisotopic (exact) mass is 444 g/mol. The number of sulfonamides is 1. The van der Waals surface area contributed by atoms with Crippen LogP contribution in [-0.2, 0) is 21.2 Å². The first-order chi connectivity index (χ1) is 14.4. The summed E-state index contributed by atoms with van der Waals surface area (Å²) in [5.41, 5.74) is 1.48. The van der Waals surface area contributed by atoms with E-state index in [4.69, 9.17) is 16.3 Å². The van der Waals surface area contributed by atoms with Gasteiger partial charge in [-0.05, 0) is 55.0 Å². The fourth-order valence-electron chi connectivity index (χ4n) is 2.75. The summed E-state index contributed by atoms with van der Waals surface area (Å²) in [4.78, 5) is 12.4. The molecule has 0 aliphatic rings. The number of rotatable bonds is 8. The standard InChI is InChI=1S/C22H21ClN2O4S/c1-2-29-18-12-10-16(11-13-18)14-22(26)24-17-6-5-7-19(15-17)30(27,28)25-21-9-4-3-8-20(21)23/h3-13,15,25H,2,14H2,1H3,(H,24,26). The number of amides is 1. The average molecular weight is 445 g/mol. The van der Waals surface area contributed by atoms with E-state index in [1.165, 1.54) is 12.1 Å². The number of carbonyl (C=O) groups is 1. The van der Waals surface area contributed by atoms with Crippen LogP contribution in [-0.4, -0.2) is 20.9 Å². The molecule has 0 aromatic heterocycles. The van der Waals surface area contributed by atoms with E-state index in [-0.39, 0.29) is 22.9 Å². The number of anilines is 2. The third kappa shape index (κ3) is 5.75. The topological polar surface area (TPSA) is 84.5 Å². The lowest BCUT2D eigenvalue weighted by atomic mass is 10.1. The molecule has 0 radical (unpaired) electrons. The van der Waals surface area contributed by atoms with E-state index >= 15 is 0 Å². The lowest BCUT2D eigenvalue weighted by Gasteiger charge is -2.11. The normalized spacial score (nSPS) is 11.0. The Balaban J connectivity index is 1.68. The predicted molar refractivity (Wildman–Crippen MR) is 119 cm³/mol. The third-order valence-corrected chi connectivity index (χ3v) is 5.84. The van der Waals surface area contributed by atoms with Crippen molar-refractivity contribution < 1.29 is 17.9 Å². The lowest BCUT2D eigenvalue weighted by molar-refractivity contribution is -0.115. The predicted octanol–water partition coefficient (Wildman–Crippen LogP) is 4.72. The van der Waals surface area contributed by atoms with E-state index in [9.17, 15) is 13.2 Å². The molecule has 0 atom stereocenters. The zero-order valence-electron chi connectivity index (χ0n) is 16.3. The molecule has 3 rings (SSSR count). The Morgan fingerprint density at radius 2 is 1.73 bits per heavy atom. The van der Waals surface area contributed by atoms with Crippen molar-refractivity contribution >= 4 is 38.9 Å². The van der Waals surface area contributed by atoms with Crippen LogP contribution in [0.4, 0.5) is 11.4 Å². The number of carbonyl (C=O) groups excluding carboxylic acids is 1. The van der Waals surface area contributed by atoms with Gasteiger partial charge in [-0.1, -0.05) is 41.9 Å². The number of para-hydroxylation sites is 1. The van der Waals surface area contributed by atoms with Crippen LogP contribution in [0, 0.1) is 0 Å². The first-order valence-electron chi connectivity index (χ1n) is 9.26. The number of halogens is 1. The van der Waals surface area contributed by atoms with Gasteiger partial charge in [-0.25, -0.2) is 8.42 Å². The van der Waals surface area contributed by atoms with E-state index in [1.54, 1.807) is 48.5 Å². The van der Waals surface area contributed by atoms with Crippen molar-refractivity contribution in [1.29, 1.82) is 0 Å². The molecule has 0 spiro atoms. The Labute approximate surface area is 180 Å². The minimum absolute atomic E-state index is 0.0151. The van der Waals surface area contributed by atoms with Crippen LogP contribution >= 0.6 is 11.6 Å². The van der Waals surface area contributed by atoms with E-state index in [0.717, 1.165) is 11.3 Å². The van der Waals surface area contributed by atoms with Crippen LogP contribution in [0.5, 0.6) is 5.75 Å². The summed E-state index contributed by atoms with van der Waals surface area (Å²) in [6, 6.07) is 19.8. The quantitative estimate of drug-likeness (QED) is 0.526. The Morgan fingerprint density at radius 1 is 1.00 bits per heavy atom. The molecule has 3 aromatic carbocycles. The minimum atomic E-state index is -3.86. The molecule has 30 heavy (non-hydrogen) atoms. The van der Waals surface area contributed by atoms with E-state index in [1.807, 2.05) is 19.1 Å². The molecule has 156 valence electrons. The van der Waals surface area contributed by atoms with Crippen molar-refractivity contribution in [2.24, 2.45) is 0 Å². The summed E-state index contributed by atoms with van der Waals surface area (Å²) in [7, 11) is -3.86. The molecule has 0 aliphatic carbocycles. The second-order valence-electron chi connectivity index (χ2n) is 6.42. The minimum Gasteiger partial charge on any atom is -0.494 e. The van der Waals surface area contributed by atoms with Gasteiger partial charge < -0.3 is 10.1 Å². The summed E-state index contributed by atoms with van der Waals surface area (Å²) >= 11 is 6.03. The highest BCUT2D eigenvalue weighted by atomic mass is 35.5. The van der Waals surface area contributed by atoms with Gasteiger partial charge in [0.1, 0.15) is 5.75 Å². The van der Waals surface area contributed by atoms with Gasteiger partial charge in [0.2, 0.25) is 5.91 Å².